The third-order valence-corrected chi connectivity index (χ3v) is 3.85. The SMILES string of the molecule is CC(C)COC1CCN(C(=O)NCc2ccsc2)C1. The van der Waals surface area contributed by atoms with E-state index >= 15 is 0 Å². The molecule has 0 bridgehead atoms. The minimum absolute atomic E-state index is 0.0156. The van der Waals surface area contributed by atoms with Crippen molar-refractivity contribution < 1.29 is 9.53 Å². The lowest BCUT2D eigenvalue weighted by molar-refractivity contribution is 0.0436. The average molecular weight is 282 g/mol. The second kappa shape index (κ2) is 6.91. The summed E-state index contributed by atoms with van der Waals surface area (Å²) in [5.74, 6) is 0.543. The highest BCUT2D eigenvalue weighted by molar-refractivity contribution is 7.07. The summed E-state index contributed by atoms with van der Waals surface area (Å²) in [6.07, 6.45) is 1.15. The Bertz CT molecular complexity index is 392. The molecule has 0 radical (unpaired) electrons. The molecule has 19 heavy (non-hydrogen) atoms. The summed E-state index contributed by atoms with van der Waals surface area (Å²) in [6, 6.07) is 2.05. The summed E-state index contributed by atoms with van der Waals surface area (Å²) in [4.78, 5) is 13.8. The number of hydrogen-bond donors (Lipinski definition) is 1. The molecule has 0 spiro atoms. The molecule has 2 amide bonds. The van der Waals surface area contributed by atoms with Crippen LogP contribution in [0, 0.1) is 5.92 Å². The van der Waals surface area contributed by atoms with Crippen LogP contribution in [0.2, 0.25) is 0 Å². The summed E-state index contributed by atoms with van der Waals surface area (Å²) < 4.78 is 5.78. The van der Waals surface area contributed by atoms with E-state index in [1.54, 1.807) is 11.3 Å². The van der Waals surface area contributed by atoms with E-state index in [4.69, 9.17) is 4.74 Å². The first kappa shape index (κ1) is 14.3. The van der Waals surface area contributed by atoms with Gasteiger partial charge in [-0.3, -0.25) is 0 Å². The molecule has 4 nitrogen and oxygen atoms in total. The number of carbonyl (C=O) groups is 1. The Kier molecular flexibility index (Phi) is 5.22. The van der Waals surface area contributed by atoms with Gasteiger partial charge in [-0.05, 0) is 34.7 Å². The highest BCUT2D eigenvalue weighted by atomic mass is 32.1. The van der Waals surface area contributed by atoms with Gasteiger partial charge in [0.1, 0.15) is 0 Å². The van der Waals surface area contributed by atoms with Crippen molar-refractivity contribution in [3.8, 4) is 0 Å². The van der Waals surface area contributed by atoms with E-state index in [1.165, 1.54) is 0 Å². The quantitative estimate of drug-likeness (QED) is 0.902. The lowest BCUT2D eigenvalue weighted by Gasteiger charge is -2.18. The second-order valence-corrected chi connectivity index (χ2v) is 6.15. The van der Waals surface area contributed by atoms with Crippen molar-refractivity contribution >= 4 is 17.4 Å². The van der Waals surface area contributed by atoms with E-state index in [-0.39, 0.29) is 12.1 Å². The monoisotopic (exact) mass is 282 g/mol. The molecule has 1 atom stereocenters. The first-order chi connectivity index (χ1) is 9.15. The lowest BCUT2D eigenvalue weighted by atomic mass is 10.2. The molecule has 1 N–H and O–H groups in total. The number of urea groups is 1. The highest BCUT2D eigenvalue weighted by Crippen LogP contribution is 2.14. The van der Waals surface area contributed by atoms with Crippen molar-refractivity contribution in [1.82, 2.24) is 10.2 Å². The molecular formula is C14H22N2O2S. The van der Waals surface area contributed by atoms with Crippen molar-refractivity contribution in [1.29, 1.82) is 0 Å². The Morgan fingerprint density at radius 3 is 3.16 bits per heavy atom. The number of hydrogen-bond acceptors (Lipinski definition) is 3. The van der Waals surface area contributed by atoms with Gasteiger partial charge in [0.15, 0.2) is 0 Å². The van der Waals surface area contributed by atoms with Crippen molar-refractivity contribution in [2.24, 2.45) is 5.92 Å². The predicted octanol–water partition coefficient (Wildman–Crippen LogP) is 2.70. The molecule has 2 rings (SSSR count). The van der Waals surface area contributed by atoms with E-state index in [2.05, 4.69) is 24.5 Å². The summed E-state index contributed by atoms with van der Waals surface area (Å²) in [5, 5.41) is 7.03. The van der Waals surface area contributed by atoms with Gasteiger partial charge in [-0.25, -0.2) is 4.79 Å². The molecular weight excluding hydrogens is 260 g/mol. The fourth-order valence-corrected chi connectivity index (χ4v) is 2.73. The molecule has 0 aromatic carbocycles. The van der Waals surface area contributed by atoms with Crippen LogP contribution in [0.1, 0.15) is 25.8 Å². The molecule has 5 heteroatoms. The summed E-state index contributed by atoms with van der Waals surface area (Å²) in [7, 11) is 0. The van der Waals surface area contributed by atoms with E-state index < -0.39 is 0 Å². The van der Waals surface area contributed by atoms with Crippen LogP contribution < -0.4 is 5.32 Å². The Labute approximate surface area is 118 Å². The molecule has 1 fully saturated rings. The van der Waals surface area contributed by atoms with Gasteiger partial charge in [-0.15, -0.1) is 0 Å². The normalized spacial score (nSPS) is 19.1. The molecule has 0 aliphatic carbocycles. The van der Waals surface area contributed by atoms with Crippen LogP contribution in [-0.2, 0) is 11.3 Å². The number of ether oxygens (including phenoxy) is 1. The maximum Gasteiger partial charge on any atom is 0.317 e. The van der Waals surface area contributed by atoms with Gasteiger partial charge in [0.2, 0.25) is 0 Å². The van der Waals surface area contributed by atoms with Crippen LogP contribution in [0.25, 0.3) is 0 Å². The predicted molar refractivity (Wildman–Crippen MR) is 77.3 cm³/mol. The number of carbonyl (C=O) groups excluding carboxylic acids is 1. The van der Waals surface area contributed by atoms with Gasteiger partial charge in [0.25, 0.3) is 0 Å². The molecule has 1 aromatic rings. The van der Waals surface area contributed by atoms with E-state index in [0.717, 1.165) is 25.1 Å². The number of thiophene rings is 1. The second-order valence-electron chi connectivity index (χ2n) is 5.37. The minimum atomic E-state index is 0.0156. The maximum absolute atomic E-state index is 12.0. The molecule has 1 saturated heterocycles. The van der Waals surface area contributed by atoms with Crippen molar-refractivity contribution in [2.75, 3.05) is 19.7 Å². The van der Waals surface area contributed by atoms with Gasteiger partial charge < -0.3 is 15.0 Å². The van der Waals surface area contributed by atoms with Crippen LogP contribution in [0.15, 0.2) is 16.8 Å². The van der Waals surface area contributed by atoms with Gasteiger partial charge in [-0.1, -0.05) is 13.8 Å². The van der Waals surface area contributed by atoms with Crippen LogP contribution >= 0.6 is 11.3 Å². The molecule has 1 aliphatic heterocycles. The summed E-state index contributed by atoms with van der Waals surface area (Å²) in [6.45, 7) is 7.16. The zero-order valence-electron chi connectivity index (χ0n) is 11.6. The molecule has 1 aromatic heterocycles. The summed E-state index contributed by atoms with van der Waals surface area (Å²) >= 11 is 1.65. The third kappa shape index (κ3) is 4.51. The van der Waals surface area contributed by atoms with E-state index in [1.807, 2.05) is 16.3 Å². The first-order valence-corrected chi connectivity index (χ1v) is 7.75. The molecule has 1 unspecified atom stereocenters. The zero-order valence-corrected chi connectivity index (χ0v) is 12.4. The molecule has 0 saturated carbocycles. The van der Waals surface area contributed by atoms with Crippen molar-refractivity contribution in [3.05, 3.63) is 22.4 Å². The number of likely N-dealkylation sites (tertiary alicyclic amines) is 1. The number of nitrogens with zero attached hydrogens (tertiary/aromatic N) is 1. The number of amides is 2. The third-order valence-electron chi connectivity index (χ3n) is 3.12. The van der Waals surface area contributed by atoms with Gasteiger partial charge in [0, 0.05) is 26.2 Å². The lowest BCUT2D eigenvalue weighted by Crippen LogP contribution is -2.38. The Balaban J connectivity index is 1.69. The Morgan fingerprint density at radius 1 is 1.63 bits per heavy atom. The van der Waals surface area contributed by atoms with Gasteiger partial charge >= 0.3 is 6.03 Å². The minimum Gasteiger partial charge on any atom is -0.376 e. The molecule has 1 aliphatic rings. The Morgan fingerprint density at radius 2 is 2.47 bits per heavy atom. The first-order valence-electron chi connectivity index (χ1n) is 6.80. The fraction of sp³-hybridized carbons (Fsp3) is 0.643. The average Bonchev–Trinajstić information content (AvgIpc) is 3.04. The van der Waals surface area contributed by atoms with Crippen LogP contribution in [0.4, 0.5) is 4.79 Å². The number of nitrogens with one attached hydrogen (secondary N) is 1. The zero-order chi connectivity index (χ0) is 13.7. The topological polar surface area (TPSA) is 41.6 Å². The van der Waals surface area contributed by atoms with Crippen LogP contribution in [0.3, 0.4) is 0 Å². The van der Waals surface area contributed by atoms with Gasteiger partial charge in [-0.2, -0.15) is 11.3 Å². The van der Waals surface area contributed by atoms with Crippen molar-refractivity contribution in [3.63, 3.8) is 0 Å². The van der Waals surface area contributed by atoms with Crippen molar-refractivity contribution in [2.45, 2.75) is 32.9 Å². The Hall–Kier alpha value is -1.07. The number of rotatable bonds is 5. The largest absolute Gasteiger partial charge is 0.376 e. The highest BCUT2D eigenvalue weighted by Gasteiger charge is 2.26. The molecule has 2 heterocycles. The van der Waals surface area contributed by atoms with E-state index in [0.29, 0.717) is 19.0 Å². The van der Waals surface area contributed by atoms with Crippen LogP contribution in [0.5, 0.6) is 0 Å². The van der Waals surface area contributed by atoms with Gasteiger partial charge in [0.05, 0.1) is 6.10 Å². The standard InChI is InChI=1S/C14H22N2O2S/c1-11(2)9-18-13-3-5-16(8-13)14(17)15-7-12-4-6-19-10-12/h4,6,10-11,13H,3,5,7-9H2,1-2H3,(H,15,17). The van der Waals surface area contributed by atoms with Crippen LogP contribution in [-0.4, -0.2) is 36.7 Å². The summed E-state index contributed by atoms with van der Waals surface area (Å²) in [5.41, 5.74) is 1.16. The fourth-order valence-electron chi connectivity index (χ4n) is 2.06. The smallest absolute Gasteiger partial charge is 0.317 e. The molecule has 106 valence electrons. The van der Waals surface area contributed by atoms with E-state index in [9.17, 15) is 4.79 Å². The maximum atomic E-state index is 12.0.